The number of hydrogen-bond donors (Lipinski definition) is 0. The zero-order valence-electron chi connectivity index (χ0n) is 13.9. The monoisotopic (exact) mass is 347 g/mol. The second kappa shape index (κ2) is 6.76. The maximum Gasteiger partial charge on any atom is 0.274 e. The van der Waals surface area contributed by atoms with E-state index in [0.717, 1.165) is 13.0 Å². The summed E-state index contributed by atoms with van der Waals surface area (Å²) >= 11 is -1.73. The highest BCUT2D eigenvalue weighted by Crippen LogP contribution is 2.23. The summed E-state index contributed by atoms with van der Waals surface area (Å²) in [5, 5.41) is 0. The van der Waals surface area contributed by atoms with E-state index < -0.39 is 23.0 Å². The molecule has 2 aliphatic rings. The molecule has 7 heteroatoms. The van der Waals surface area contributed by atoms with E-state index in [1.165, 1.54) is 19.7 Å². The molecule has 1 saturated heterocycles. The van der Waals surface area contributed by atoms with Crippen molar-refractivity contribution >= 4 is 23.0 Å². The van der Waals surface area contributed by atoms with Gasteiger partial charge >= 0.3 is 0 Å². The van der Waals surface area contributed by atoms with Crippen molar-refractivity contribution in [3.63, 3.8) is 0 Å². The third-order valence-electron chi connectivity index (χ3n) is 4.34. The fourth-order valence-corrected chi connectivity index (χ4v) is 4.21. The molecule has 24 heavy (non-hydrogen) atoms. The smallest absolute Gasteiger partial charge is 0.274 e. The van der Waals surface area contributed by atoms with Crippen LogP contribution in [0.5, 0.6) is 0 Å². The van der Waals surface area contributed by atoms with Crippen LogP contribution in [0, 0.1) is 0 Å². The SMILES string of the molecule is CCN1C(=O)C(=CN2CCc3ccccc3C2)C(=O)N(CC)S1=O. The summed E-state index contributed by atoms with van der Waals surface area (Å²) in [5.41, 5.74) is 2.61. The summed E-state index contributed by atoms with van der Waals surface area (Å²) < 4.78 is 14.8. The molecule has 0 aromatic heterocycles. The minimum atomic E-state index is -1.73. The van der Waals surface area contributed by atoms with E-state index in [9.17, 15) is 13.8 Å². The van der Waals surface area contributed by atoms with Gasteiger partial charge < -0.3 is 4.90 Å². The second-order valence-electron chi connectivity index (χ2n) is 5.76. The Hall–Kier alpha value is -2.15. The average Bonchev–Trinajstić information content (AvgIpc) is 2.59. The summed E-state index contributed by atoms with van der Waals surface area (Å²) in [6, 6.07) is 8.19. The van der Waals surface area contributed by atoms with Crippen LogP contribution in [0.2, 0.25) is 0 Å². The molecular formula is C17H21N3O3S. The number of fused-ring (bicyclic) bond motifs is 1. The molecule has 0 saturated carbocycles. The number of rotatable bonds is 3. The van der Waals surface area contributed by atoms with E-state index >= 15 is 0 Å². The minimum Gasteiger partial charge on any atom is -0.372 e. The molecular weight excluding hydrogens is 326 g/mol. The van der Waals surface area contributed by atoms with Gasteiger partial charge in [0.2, 0.25) is 11.2 Å². The van der Waals surface area contributed by atoms with Gasteiger partial charge in [-0.3, -0.25) is 9.59 Å². The molecule has 0 unspecified atom stereocenters. The van der Waals surface area contributed by atoms with Crippen LogP contribution in [0.15, 0.2) is 36.0 Å². The third-order valence-corrected chi connectivity index (χ3v) is 5.94. The number of nitrogens with zero attached hydrogens (tertiary/aromatic N) is 3. The van der Waals surface area contributed by atoms with Crippen LogP contribution in [0.25, 0.3) is 0 Å². The van der Waals surface area contributed by atoms with Crippen LogP contribution in [-0.4, -0.2) is 49.2 Å². The lowest BCUT2D eigenvalue weighted by Crippen LogP contribution is -2.53. The van der Waals surface area contributed by atoms with Crippen LogP contribution in [0.4, 0.5) is 0 Å². The molecule has 6 nitrogen and oxygen atoms in total. The Morgan fingerprint density at radius 1 is 1.04 bits per heavy atom. The zero-order chi connectivity index (χ0) is 17.3. The third kappa shape index (κ3) is 2.84. The van der Waals surface area contributed by atoms with Crippen molar-refractivity contribution < 1.29 is 13.8 Å². The molecule has 2 amide bonds. The lowest BCUT2D eigenvalue weighted by Gasteiger charge is -2.34. The fourth-order valence-electron chi connectivity index (χ4n) is 3.05. The minimum absolute atomic E-state index is 0.0951. The molecule has 1 fully saturated rings. The van der Waals surface area contributed by atoms with Crippen molar-refractivity contribution in [3.8, 4) is 0 Å². The fraction of sp³-hybridized carbons (Fsp3) is 0.412. The topological polar surface area (TPSA) is 60.9 Å². The van der Waals surface area contributed by atoms with Crippen molar-refractivity contribution in [3.05, 3.63) is 47.2 Å². The number of carbonyl (C=O) groups excluding carboxylic acids is 2. The van der Waals surface area contributed by atoms with Crippen molar-refractivity contribution in [1.29, 1.82) is 0 Å². The zero-order valence-corrected chi connectivity index (χ0v) is 14.7. The quantitative estimate of drug-likeness (QED) is 0.609. The Bertz CT molecular complexity index is 704. The normalized spacial score (nSPS) is 21.2. The van der Waals surface area contributed by atoms with Crippen LogP contribution >= 0.6 is 0 Å². The Balaban J connectivity index is 1.89. The van der Waals surface area contributed by atoms with Gasteiger partial charge in [-0.2, -0.15) is 0 Å². The van der Waals surface area contributed by atoms with E-state index in [2.05, 4.69) is 12.1 Å². The molecule has 0 N–H and O–H groups in total. The summed E-state index contributed by atoms with van der Waals surface area (Å²) in [4.78, 5) is 27.1. The Kier molecular flexibility index (Phi) is 4.71. The van der Waals surface area contributed by atoms with Crippen LogP contribution < -0.4 is 0 Å². The van der Waals surface area contributed by atoms with Gasteiger partial charge in [-0.25, -0.2) is 12.8 Å². The van der Waals surface area contributed by atoms with Gasteiger partial charge in [0.25, 0.3) is 11.8 Å². The van der Waals surface area contributed by atoms with Crippen LogP contribution in [0.3, 0.4) is 0 Å². The van der Waals surface area contributed by atoms with Gasteiger partial charge in [-0.15, -0.1) is 0 Å². The second-order valence-corrected chi connectivity index (χ2v) is 7.11. The Morgan fingerprint density at radius 2 is 1.62 bits per heavy atom. The summed E-state index contributed by atoms with van der Waals surface area (Å²) in [6.07, 6.45) is 2.52. The Labute approximate surface area is 144 Å². The number of amides is 2. The molecule has 2 heterocycles. The van der Waals surface area contributed by atoms with E-state index in [1.54, 1.807) is 20.0 Å². The van der Waals surface area contributed by atoms with E-state index in [-0.39, 0.29) is 5.57 Å². The first-order valence-corrected chi connectivity index (χ1v) is 9.21. The lowest BCUT2D eigenvalue weighted by atomic mass is 10.00. The van der Waals surface area contributed by atoms with Gasteiger partial charge in [0, 0.05) is 32.4 Å². The van der Waals surface area contributed by atoms with Crippen molar-refractivity contribution in [1.82, 2.24) is 13.5 Å². The average molecular weight is 347 g/mol. The van der Waals surface area contributed by atoms with E-state index in [4.69, 9.17) is 0 Å². The number of carbonyl (C=O) groups is 2. The molecule has 3 rings (SSSR count). The van der Waals surface area contributed by atoms with Crippen molar-refractivity contribution in [2.75, 3.05) is 19.6 Å². The lowest BCUT2D eigenvalue weighted by molar-refractivity contribution is -0.131. The van der Waals surface area contributed by atoms with Gasteiger partial charge in [0.1, 0.15) is 5.57 Å². The number of likely N-dealkylation sites (N-methyl/N-ethyl adjacent to an activating group) is 2. The van der Waals surface area contributed by atoms with Crippen LogP contribution in [-0.2, 0) is 33.7 Å². The van der Waals surface area contributed by atoms with Gasteiger partial charge in [-0.05, 0) is 31.4 Å². The summed E-state index contributed by atoms with van der Waals surface area (Å²) in [7, 11) is 0. The predicted octanol–water partition coefficient (Wildman–Crippen LogP) is 1.22. The first-order valence-electron chi connectivity index (χ1n) is 8.15. The highest BCUT2D eigenvalue weighted by molar-refractivity contribution is 7.81. The first-order chi connectivity index (χ1) is 11.6. The summed E-state index contributed by atoms with van der Waals surface area (Å²) in [5.74, 6) is -0.909. The number of benzene rings is 1. The molecule has 1 aromatic carbocycles. The highest BCUT2D eigenvalue weighted by atomic mass is 32.2. The standard InChI is InChI=1S/C17H21N3O3S/c1-3-19-16(21)15(17(22)20(4-2)24(19)23)12-18-10-9-13-7-5-6-8-14(13)11-18/h5-8,12H,3-4,9-11H2,1-2H3. The number of hydrogen-bond acceptors (Lipinski definition) is 4. The van der Waals surface area contributed by atoms with E-state index in [1.807, 2.05) is 17.0 Å². The first kappa shape index (κ1) is 16.7. The van der Waals surface area contributed by atoms with Gasteiger partial charge in [-0.1, -0.05) is 24.3 Å². The molecule has 0 aliphatic carbocycles. The molecule has 0 bridgehead atoms. The largest absolute Gasteiger partial charge is 0.372 e. The van der Waals surface area contributed by atoms with Gasteiger partial charge in [0.05, 0.1) is 0 Å². The summed E-state index contributed by atoms with van der Waals surface area (Å²) in [6.45, 7) is 5.54. The molecule has 128 valence electrons. The molecule has 2 aliphatic heterocycles. The molecule has 0 spiro atoms. The van der Waals surface area contributed by atoms with E-state index in [0.29, 0.717) is 19.6 Å². The Morgan fingerprint density at radius 3 is 2.21 bits per heavy atom. The van der Waals surface area contributed by atoms with Crippen LogP contribution in [0.1, 0.15) is 25.0 Å². The predicted molar refractivity (Wildman–Crippen MR) is 91.6 cm³/mol. The molecule has 0 radical (unpaired) electrons. The van der Waals surface area contributed by atoms with Crippen molar-refractivity contribution in [2.24, 2.45) is 0 Å². The maximum atomic E-state index is 12.5. The van der Waals surface area contributed by atoms with Gasteiger partial charge in [0.15, 0.2) is 0 Å². The molecule has 1 aromatic rings. The molecule has 0 atom stereocenters. The maximum absolute atomic E-state index is 12.5. The highest BCUT2D eigenvalue weighted by Gasteiger charge is 2.40. The van der Waals surface area contributed by atoms with Crippen molar-refractivity contribution in [2.45, 2.75) is 26.8 Å².